The highest BCUT2D eigenvalue weighted by Crippen LogP contribution is 2.55. The molecule has 62 heavy (non-hydrogen) atoms. The zero-order chi connectivity index (χ0) is 45.2. The zero-order valence-electron chi connectivity index (χ0n) is 34.8. The van der Waals surface area contributed by atoms with E-state index < -0.39 is 58.0 Å². The number of phenolic OH excluding ortho intramolecular Hbond substituents is 6. The molecule has 0 spiro atoms. The van der Waals surface area contributed by atoms with Gasteiger partial charge in [0.25, 0.3) is 0 Å². The molecule has 2 unspecified atom stereocenters. The standard InChI is InChI=1S/C46H42O16/c1-17-11-21(47)14-26(49)31(17)46(56)62-19(3)13-24-33-32-23(12-18(2)61-45(55)22-9-10-25(48)20(4)40(22)52)43(59-7)41(53)34-27(50)15-29(57-5)36(38(32)34)37-30(58-6)16-28(51)35(39(33)37)42(54)44(24)60-8/h9-11,14-16,18-19,47-49,52-54H,12-13H2,1-8H3. The summed E-state index contributed by atoms with van der Waals surface area (Å²) in [6.45, 7) is 5.99. The van der Waals surface area contributed by atoms with E-state index in [2.05, 4.69) is 0 Å². The predicted molar refractivity (Wildman–Crippen MR) is 227 cm³/mol. The molecule has 0 heterocycles. The van der Waals surface area contributed by atoms with Gasteiger partial charge in [0.05, 0.1) is 39.2 Å². The summed E-state index contributed by atoms with van der Waals surface area (Å²) in [5.41, 5.74) is -1.22. The van der Waals surface area contributed by atoms with Crippen molar-refractivity contribution >= 4 is 55.0 Å². The molecule has 16 nitrogen and oxygen atoms in total. The first-order valence-electron chi connectivity index (χ1n) is 19.1. The Morgan fingerprint density at radius 3 is 1.45 bits per heavy atom. The fourth-order valence-electron chi connectivity index (χ4n) is 8.50. The van der Waals surface area contributed by atoms with Crippen molar-refractivity contribution < 1.29 is 68.6 Å². The molecule has 16 heteroatoms. The molecular formula is C46H42O16. The van der Waals surface area contributed by atoms with E-state index in [1.54, 1.807) is 0 Å². The first-order chi connectivity index (χ1) is 29.4. The van der Waals surface area contributed by atoms with Gasteiger partial charge in [-0.05, 0) is 62.2 Å². The number of carbonyl (C=O) groups excluding carboxylic acids is 2. The molecule has 0 aliphatic carbocycles. The second-order valence-corrected chi connectivity index (χ2v) is 15.0. The summed E-state index contributed by atoms with van der Waals surface area (Å²) in [5.74, 6) is -4.95. The zero-order valence-corrected chi connectivity index (χ0v) is 34.8. The van der Waals surface area contributed by atoms with Gasteiger partial charge in [-0.15, -0.1) is 0 Å². The van der Waals surface area contributed by atoms with E-state index in [0.29, 0.717) is 0 Å². The number of benzene rings is 7. The number of hydrogen-bond donors (Lipinski definition) is 6. The van der Waals surface area contributed by atoms with Crippen LogP contribution in [0.2, 0.25) is 0 Å². The normalized spacial score (nSPS) is 12.5. The lowest BCUT2D eigenvalue weighted by atomic mass is 9.81. The number of carbonyl (C=O) groups is 2. The maximum atomic E-state index is 14.1. The highest BCUT2D eigenvalue weighted by Gasteiger charge is 2.34. The Kier molecular flexibility index (Phi) is 10.8. The van der Waals surface area contributed by atoms with Crippen molar-refractivity contribution in [3.8, 4) is 57.5 Å². The fraction of sp³-hybridized carbons (Fsp3) is 0.261. The Morgan fingerprint density at radius 1 is 0.548 bits per heavy atom. The molecule has 0 aromatic heterocycles. The van der Waals surface area contributed by atoms with Crippen LogP contribution in [0.1, 0.15) is 56.8 Å². The van der Waals surface area contributed by atoms with Gasteiger partial charge in [0, 0.05) is 69.3 Å². The average Bonchev–Trinajstić information content (AvgIpc) is 3.20. The van der Waals surface area contributed by atoms with E-state index >= 15 is 0 Å². The number of methoxy groups -OCH3 is 4. The largest absolute Gasteiger partial charge is 0.508 e. The Labute approximate surface area is 351 Å². The number of hydrogen-bond acceptors (Lipinski definition) is 16. The maximum absolute atomic E-state index is 14.1. The highest BCUT2D eigenvalue weighted by molar-refractivity contribution is 6.38. The van der Waals surface area contributed by atoms with Crippen LogP contribution in [0.25, 0.3) is 43.1 Å². The molecule has 0 saturated carbocycles. The van der Waals surface area contributed by atoms with Crippen LogP contribution in [0.4, 0.5) is 0 Å². The number of ether oxygens (including phenoxy) is 6. The van der Waals surface area contributed by atoms with Gasteiger partial charge < -0.3 is 59.1 Å². The molecule has 0 bridgehead atoms. The van der Waals surface area contributed by atoms with E-state index in [0.717, 1.165) is 18.2 Å². The van der Waals surface area contributed by atoms with Crippen LogP contribution < -0.4 is 29.8 Å². The molecule has 7 aromatic carbocycles. The third-order valence-electron chi connectivity index (χ3n) is 11.1. The van der Waals surface area contributed by atoms with E-state index in [9.17, 15) is 49.8 Å². The van der Waals surface area contributed by atoms with Crippen molar-refractivity contribution in [3.05, 3.63) is 90.2 Å². The van der Waals surface area contributed by atoms with Crippen molar-refractivity contribution in [1.29, 1.82) is 0 Å². The summed E-state index contributed by atoms with van der Waals surface area (Å²) >= 11 is 0. The van der Waals surface area contributed by atoms with E-state index in [-0.39, 0.29) is 124 Å². The van der Waals surface area contributed by atoms with Crippen LogP contribution in [-0.4, -0.2) is 83.2 Å². The summed E-state index contributed by atoms with van der Waals surface area (Å²) in [4.78, 5) is 55.3. The minimum Gasteiger partial charge on any atom is -0.508 e. The summed E-state index contributed by atoms with van der Waals surface area (Å²) in [7, 11) is 5.16. The number of esters is 2. The topological polar surface area (TPSA) is 245 Å². The summed E-state index contributed by atoms with van der Waals surface area (Å²) in [5, 5.41) is 65.8. The summed E-state index contributed by atoms with van der Waals surface area (Å²) in [6, 6.07) is 7.01. The third-order valence-corrected chi connectivity index (χ3v) is 11.1. The quantitative estimate of drug-likeness (QED) is 0.0445. The molecule has 0 saturated heterocycles. The van der Waals surface area contributed by atoms with Crippen LogP contribution in [0.5, 0.6) is 57.5 Å². The monoisotopic (exact) mass is 850 g/mol. The van der Waals surface area contributed by atoms with E-state index in [4.69, 9.17) is 28.4 Å². The number of fused-ring (bicyclic) bond motifs is 2. The van der Waals surface area contributed by atoms with Crippen molar-refractivity contribution in [3.63, 3.8) is 0 Å². The first-order valence-corrected chi connectivity index (χ1v) is 19.1. The van der Waals surface area contributed by atoms with E-state index in [1.165, 1.54) is 74.3 Å². The van der Waals surface area contributed by atoms with Gasteiger partial charge in [-0.3, -0.25) is 9.59 Å². The molecule has 6 N–H and O–H groups in total. The maximum Gasteiger partial charge on any atom is 0.342 e. The van der Waals surface area contributed by atoms with E-state index in [1.807, 2.05) is 0 Å². The smallest absolute Gasteiger partial charge is 0.342 e. The van der Waals surface area contributed by atoms with Gasteiger partial charge in [0.2, 0.25) is 0 Å². The summed E-state index contributed by atoms with van der Waals surface area (Å²) in [6.07, 6.45) is -2.62. The van der Waals surface area contributed by atoms with Crippen LogP contribution in [-0.2, 0) is 22.3 Å². The lowest BCUT2D eigenvalue weighted by Crippen LogP contribution is -2.20. The summed E-state index contributed by atoms with van der Waals surface area (Å²) < 4.78 is 34.9. The number of rotatable bonds is 12. The molecule has 0 radical (unpaired) electrons. The van der Waals surface area contributed by atoms with Gasteiger partial charge in [0.1, 0.15) is 57.8 Å². The van der Waals surface area contributed by atoms with Crippen molar-refractivity contribution in [1.82, 2.24) is 0 Å². The van der Waals surface area contributed by atoms with Gasteiger partial charge in [-0.1, -0.05) is 0 Å². The number of aryl methyl sites for hydroxylation is 1. The van der Waals surface area contributed by atoms with Crippen molar-refractivity contribution in [2.24, 2.45) is 0 Å². The average molecular weight is 851 g/mol. The van der Waals surface area contributed by atoms with Crippen LogP contribution >= 0.6 is 0 Å². The van der Waals surface area contributed by atoms with Gasteiger partial charge in [0.15, 0.2) is 33.9 Å². The molecule has 0 aliphatic rings. The Bertz CT molecular complexity index is 3100. The van der Waals surface area contributed by atoms with Gasteiger partial charge in [-0.2, -0.15) is 0 Å². The fourth-order valence-corrected chi connectivity index (χ4v) is 8.50. The number of aromatic hydroxyl groups is 6. The molecule has 7 rings (SSSR count). The Balaban J connectivity index is 1.59. The molecule has 7 aromatic rings. The SMILES string of the molecule is COc1c(O)c2c(=O)cc(OC)c3c4c(OC)cc(=O)c5c(O)c(OC)c(CC(C)OC(=O)c6c(C)cc(O)cc6O)c(c(c1CC(C)OC(=O)c1ccc(O)c(C)c1O)c23)c54. The lowest BCUT2D eigenvalue weighted by molar-refractivity contribution is 0.0327. The highest BCUT2D eigenvalue weighted by atomic mass is 16.5. The van der Waals surface area contributed by atoms with Crippen molar-refractivity contribution in [2.45, 2.75) is 52.7 Å². The van der Waals surface area contributed by atoms with Crippen molar-refractivity contribution in [2.75, 3.05) is 28.4 Å². The molecule has 0 aliphatic heterocycles. The third kappa shape index (κ3) is 6.54. The van der Waals surface area contributed by atoms with Gasteiger partial charge >= 0.3 is 11.9 Å². The molecule has 2 atom stereocenters. The Morgan fingerprint density at radius 2 is 1.02 bits per heavy atom. The van der Waals surface area contributed by atoms with Gasteiger partial charge in [-0.25, -0.2) is 9.59 Å². The molecular weight excluding hydrogens is 808 g/mol. The second-order valence-electron chi connectivity index (χ2n) is 15.0. The first kappa shape index (κ1) is 42.5. The molecule has 0 amide bonds. The van der Waals surface area contributed by atoms with Crippen LogP contribution in [0, 0.1) is 13.8 Å². The number of phenols is 6. The van der Waals surface area contributed by atoms with Crippen LogP contribution in [0.15, 0.2) is 46.0 Å². The Hall–Kier alpha value is -7.62. The molecule has 322 valence electrons. The minimum absolute atomic E-state index is 0.0176. The second kappa shape index (κ2) is 15.8. The molecule has 0 fully saturated rings. The minimum atomic E-state index is -1.07. The predicted octanol–water partition coefficient (Wildman–Crippen LogP) is 6.36. The lowest BCUT2D eigenvalue weighted by Gasteiger charge is -2.26. The van der Waals surface area contributed by atoms with Crippen LogP contribution in [0.3, 0.4) is 0 Å².